The third kappa shape index (κ3) is 4.02. The van der Waals surface area contributed by atoms with E-state index in [-0.39, 0.29) is 0 Å². The van der Waals surface area contributed by atoms with Gasteiger partial charge in [0.1, 0.15) is 11.1 Å². The molecule has 3 rings (SSSR count). The van der Waals surface area contributed by atoms with Gasteiger partial charge in [0.2, 0.25) is 0 Å². The number of carbonyl (C=O) groups is 1. The molecular formula is C18H20ClN3O2S. The third-order valence-electron chi connectivity index (χ3n) is 3.90. The maximum atomic E-state index is 11.6. The summed E-state index contributed by atoms with van der Waals surface area (Å²) in [6.45, 7) is 4.66. The summed E-state index contributed by atoms with van der Waals surface area (Å²) in [7, 11) is 1.50. The second-order valence-electron chi connectivity index (χ2n) is 5.31. The highest BCUT2D eigenvalue weighted by molar-refractivity contribution is 7.18. The van der Waals surface area contributed by atoms with Crippen molar-refractivity contribution in [2.75, 3.05) is 38.3 Å². The highest BCUT2D eigenvalue weighted by Crippen LogP contribution is 2.42. The van der Waals surface area contributed by atoms with Crippen LogP contribution in [0.5, 0.6) is 0 Å². The molecular weight excluding hydrogens is 358 g/mol. The number of nitrogens with two attached hydrogens (primary N) is 1. The monoisotopic (exact) mass is 377 g/mol. The number of rotatable bonds is 3. The summed E-state index contributed by atoms with van der Waals surface area (Å²) in [4.78, 5) is 14.3. The van der Waals surface area contributed by atoms with E-state index >= 15 is 0 Å². The lowest BCUT2D eigenvalue weighted by molar-refractivity contribution is 0.112. The summed E-state index contributed by atoms with van der Waals surface area (Å²) in [6, 6.07) is 7.81. The fourth-order valence-electron chi connectivity index (χ4n) is 2.74. The van der Waals surface area contributed by atoms with E-state index in [9.17, 15) is 10.1 Å². The molecule has 2 aromatic rings. The van der Waals surface area contributed by atoms with Gasteiger partial charge in [-0.15, -0.1) is 11.3 Å². The molecule has 1 aliphatic heterocycles. The largest absolute Gasteiger partial charge is 0.378 e. The number of benzene rings is 1. The van der Waals surface area contributed by atoms with Gasteiger partial charge in [-0.05, 0) is 37.2 Å². The van der Waals surface area contributed by atoms with E-state index in [0.29, 0.717) is 34.2 Å². The number of hydrogen-bond acceptors (Lipinski definition) is 6. The molecule has 2 heterocycles. The quantitative estimate of drug-likeness (QED) is 0.828. The number of nitrogens with zero attached hydrogens (tertiary/aromatic N) is 2. The van der Waals surface area contributed by atoms with E-state index in [4.69, 9.17) is 16.3 Å². The Bertz CT molecular complexity index is 792. The number of aldehydes is 1. The number of ether oxygens (including phenoxy) is 1. The van der Waals surface area contributed by atoms with Gasteiger partial charge in [-0.25, -0.2) is 0 Å². The van der Waals surface area contributed by atoms with Crippen LogP contribution < -0.4 is 10.6 Å². The molecule has 2 N–H and O–H groups in total. The summed E-state index contributed by atoms with van der Waals surface area (Å²) < 4.78 is 5.37. The number of nitriles is 1. The molecule has 0 unspecified atom stereocenters. The minimum Gasteiger partial charge on any atom is -0.378 e. The van der Waals surface area contributed by atoms with Crippen molar-refractivity contribution in [3.05, 3.63) is 39.2 Å². The molecule has 0 spiro atoms. The zero-order chi connectivity index (χ0) is 18.4. The number of thiophene rings is 1. The van der Waals surface area contributed by atoms with Crippen LogP contribution in [0.25, 0.3) is 11.1 Å². The first-order valence-electron chi connectivity index (χ1n) is 7.84. The molecule has 5 nitrogen and oxygen atoms in total. The van der Waals surface area contributed by atoms with Gasteiger partial charge in [-0.3, -0.25) is 4.79 Å². The Kier molecular flexibility index (Phi) is 6.97. The van der Waals surface area contributed by atoms with Gasteiger partial charge < -0.3 is 15.4 Å². The van der Waals surface area contributed by atoms with E-state index in [0.717, 1.165) is 35.5 Å². The molecule has 0 bridgehead atoms. The first-order valence-corrected chi connectivity index (χ1v) is 9.04. The summed E-state index contributed by atoms with van der Waals surface area (Å²) in [5.41, 5.74) is 7.56. The van der Waals surface area contributed by atoms with E-state index < -0.39 is 0 Å². The normalized spacial score (nSPS) is 13.6. The second kappa shape index (κ2) is 8.97. The molecule has 25 heavy (non-hydrogen) atoms. The first kappa shape index (κ1) is 19.4. The van der Waals surface area contributed by atoms with Crippen LogP contribution in [0, 0.1) is 18.3 Å². The second-order valence-corrected chi connectivity index (χ2v) is 6.78. The first-order chi connectivity index (χ1) is 12.2. The summed E-state index contributed by atoms with van der Waals surface area (Å²) in [6.07, 6.45) is 0.825. The molecule has 1 aliphatic rings. The zero-order valence-corrected chi connectivity index (χ0v) is 15.8. The fourth-order valence-corrected chi connectivity index (χ4v) is 4.05. The van der Waals surface area contributed by atoms with Crippen LogP contribution in [0.15, 0.2) is 18.2 Å². The number of hydrogen-bond donors (Lipinski definition) is 1. The molecule has 0 saturated carbocycles. The fraction of sp³-hybridized carbons (Fsp3) is 0.333. The number of halogens is 1. The van der Waals surface area contributed by atoms with Gasteiger partial charge >= 0.3 is 0 Å². The molecule has 0 atom stereocenters. The molecule has 132 valence electrons. The van der Waals surface area contributed by atoms with Crippen molar-refractivity contribution in [1.29, 1.82) is 5.26 Å². The summed E-state index contributed by atoms with van der Waals surface area (Å²) in [5, 5.41) is 11.1. The minimum absolute atomic E-state index is 0.546. The number of aryl methyl sites for hydroxylation is 1. The Morgan fingerprint density at radius 3 is 2.64 bits per heavy atom. The summed E-state index contributed by atoms with van der Waals surface area (Å²) in [5.74, 6) is 0. The van der Waals surface area contributed by atoms with Gasteiger partial charge in [0.15, 0.2) is 6.29 Å². The summed E-state index contributed by atoms with van der Waals surface area (Å²) >= 11 is 7.48. The topological polar surface area (TPSA) is 79.3 Å². The Hall–Kier alpha value is -1.91. The van der Waals surface area contributed by atoms with Crippen LogP contribution in [-0.2, 0) is 4.74 Å². The molecule has 0 radical (unpaired) electrons. The van der Waals surface area contributed by atoms with E-state index in [2.05, 4.69) is 16.7 Å². The Balaban J connectivity index is 0.00000109. The highest BCUT2D eigenvalue weighted by atomic mass is 35.5. The van der Waals surface area contributed by atoms with Crippen molar-refractivity contribution in [2.45, 2.75) is 6.92 Å². The zero-order valence-electron chi connectivity index (χ0n) is 14.2. The molecule has 1 aromatic carbocycles. The average Bonchev–Trinajstić information content (AvgIpc) is 3.04. The molecule has 0 aliphatic carbocycles. The van der Waals surface area contributed by atoms with Crippen molar-refractivity contribution in [1.82, 2.24) is 0 Å². The average molecular weight is 378 g/mol. The lowest BCUT2D eigenvalue weighted by Gasteiger charge is -2.27. The smallest absolute Gasteiger partial charge is 0.160 e. The van der Waals surface area contributed by atoms with E-state index in [1.54, 1.807) is 0 Å². The highest BCUT2D eigenvalue weighted by Gasteiger charge is 2.25. The maximum Gasteiger partial charge on any atom is 0.160 e. The Morgan fingerprint density at radius 1 is 1.36 bits per heavy atom. The standard InChI is InChI=1S/C17H15ClN2O2S.CH5N/c1-11-2-3-12(18)8-13(11)16-14(9-19)17(23-15(16)10-21)20-4-6-22-7-5-20;1-2/h2-3,8,10H,4-7H2,1H3;2H2,1H3. The van der Waals surface area contributed by atoms with Gasteiger partial charge in [0.05, 0.1) is 23.7 Å². The maximum absolute atomic E-state index is 11.6. The van der Waals surface area contributed by atoms with Crippen LogP contribution in [0.4, 0.5) is 5.00 Å². The molecule has 1 saturated heterocycles. The predicted octanol–water partition coefficient (Wildman–Crippen LogP) is 3.47. The van der Waals surface area contributed by atoms with Gasteiger partial charge in [-0.1, -0.05) is 17.7 Å². The Morgan fingerprint density at radius 2 is 2.04 bits per heavy atom. The minimum atomic E-state index is 0.546. The van der Waals surface area contributed by atoms with Gasteiger partial charge in [0, 0.05) is 23.7 Å². The Labute approximate surface area is 156 Å². The van der Waals surface area contributed by atoms with Crippen molar-refractivity contribution >= 4 is 34.2 Å². The van der Waals surface area contributed by atoms with E-state index in [1.807, 2.05) is 25.1 Å². The third-order valence-corrected chi connectivity index (χ3v) is 5.31. The van der Waals surface area contributed by atoms with Gasteiger partial charge in [-0.2, -0.15) is 5.26 Å². The van der Waals surface area contributed by atoms with Crippen molar-refractivity contribution in [2.24, 2.45) is 5.73 Å². The molecule has 1 fully saturated rings. The predicted molar refractivity (Wildman–Crippen MR) is 103 cm³/mol. The van der Waals surface area contributed by atoms with Crippen LogP contribution >= 0.6 is 22.9 Å². The molecule has 7 heteroatoms. The number of carbonyl (C=O) groups excluding carboxylic acids is 1. The lowest BCUT2D eigenvalue weighted by Crippen LogP contribution is -2.36. The van der Waals surface area contributed by atoms with Crippen LogP contribution in [0.2, 0.25) is 5.02 Å². The number of anilines is 1. The number of morpholine rings is 1. The molecule has 0 amide bonds. The SMILES string of the molecule is CN.Cc1ccc(Cl)cc1-c1c(C=O)sc(N2CCOCC2)c1C#N. The van der Waals surface area contributed by atoms with Crippen molar-refractivity contribution in [3.8, 4) is 17.2 Å². The van der Waals surface area contributed by atoms with Crippen molar-refractivity contribution in [3.63, 3.8) is 0 Å². The lowest BCUT2D eigenvalue weighted by atomic mass is 9.97. The molecule has 1 aromatic heterocycles. The van der Waals surface area contributed by atoms with Crippen LogP contribution in [0.1, 0.15) is 20.8 Å². The van der Waals surface area contributed by atoms with Crippen LogP contribution in [0.3, 0.4) is 0 Å². The van der Waals surface area contributed by atoms with Crippen LogP contribution in [-0.4, -0.2) is 39.6 Å². The van der Waals surface area contributed by atoms with E-state index in [1.165, 1.54) is 18.4 Å². The van der Waals surface area contributed by atoms with Crippen molar-refractivity contribution < 1.29 is 9.53 Å². The van der Waals surface area contributed by atoms with Gasteiger partial charge in [0.25, 0.3) is 0 Å².